The summed E-state index contributed by atoms with van der Waals surface area (Å²) in [5, 5.41) is 3.21. The predicted octanol–water partition coefficient (Wildman–Crippen LogP) is 5.42. The summed E-state index contributed by atoms with van der Waals surface area (Å²) >= 11 is 0. The number of amides is 2. The predicted molar refractivity (Wildman–Crippen MR) is 134 cm³/mol. The molecule has 2 amide bonds. The second kappa shape index (κ2) is 9.43. The number of carbonyl (C=O) groups excluding carboxylic acids is 2. The molecule has 3 aromatic carbocycles. The van der Waals surface area contributed by atoms with Crippen molar-refractivity contribution in [3.63, 3.8) is 0 Å². The van der Waals surface area contributed by atoms with Crippen molar-refractivity contribution in [3.8, 4) is 11.5 Å². The SMILES string of the molecule is CCOc1ccc(N2C(=O)C(Nc3cc(C)ccc3OC)=C(c3ccc(C)c(C)c3)C2=O)cc1. The molecular formula is C28H28N2O4. The number of aryl methyl sites for hydroxylation is 3. The van der Waals surface area contributed by atoms with Crippen LogP contribution in [0.4, 0.5) is 11.4 Å². The number of rotatable bonds is 7. The van der Waals surface area contributed by atoms with Gasteiger partial charge in [0.2, 0.25) is 0 Å². The van der Waals surface area contributed by atoms with Crippen LogP contribution in [0, 0.1) is 20.8 Å². The van der Waals surface area contributed by atoms with E-state index in [0.717, 1.165) is 16.7 Å². The van der Waals surface area contributed by atoms with Crippen LogP contribution in [0.3, 0.4) is 0 Å². The Morgan fingerprint density at radius 3 is 2.24 bits per heavy atom. The first-order valence-corrected chi connectivity index (χ1v) is 11.2. The Hall–Kier alpha value is -4.06. The molecule has 0 unspecified atom stereocenters. The van der Waals surface area contributed by atoms with Gasteiger partial charge >= 0.3 is 0 Å². The molecule has 1 heterocycles. The molecule has 0 atom stereocenters. The van der Waals surface area contributed by atoms with Crippen molar-refractivity contribution < 1.29 is 19.1 Å². The van der Waals surface area contributed by atoms with E-state index in [0.29, 0.717) is 40.6 Å². The van der Waals surface area contributed by atoms with Gasteiger partial charge in [0.1, 0.15) is 17.2 Å². The lowest BCUT2D eigenvalue weighted by Crippen LogP contribution is -2.32. The summed E-state index contributed by atoms with van der Waals surface area (Å²) in [6, 6.07) is 18.4. The Balaban J connectivity index is 1.82. The topological polar surface area (TPSA) is 67.9 Å². The van der Waals surface area contributed by atoms with E-state index in [4.69, 9.17) is 9.47 Å². The zero-order chi connectivity index (χ0) is 24.4. The largest absolute Gasteiger partial charge is 0.495 e. The highest BCUT2D eigenvalue weighted by atomic mass is 16.5. The van der Waals surface area contributed by atoms with Crippen LogP contribution in [0.25, 0.3) is 5.57 Å². The summed E-state index contributed by atoms with van der Waals surface area (Å²) in [6.45, 7) is 8.39. The number of hydrogen-bond donors (Lipinski definition) is 1. The number of anilines is 2. The van der Waals surface area contributed by atoms with E-state index in [2.05, 4.69) is 5.32 Å². The van der Waals surface area contributed by atoms with Crippen LogP contribution in [-0.2, 0) is 9.59 Å². The lowest BCUT2D eigenvalue weighted by atomic mass is 9.99. The highest BCUT2D eigenvalue weighted by Crippen LogP contribution is 2.36. The summed E-state index contributed by atoms with van der Waals surface area (Å²) in [6.07, 6.45) is 0. The maximum absolute atomic E-state index is 13.7. The van der Waals surface area contributed by atoms with Gasteiger partial charge in [0.25, 0.3) is 11.8 Å². The van der Waals surface area contributed by atoms with Crippen molar-refractivity contribution in [1.29, 1.82) is 0 Å². The van der Waals surface area contributed by atoms with Crippen LogP contribution in [0.1, 0.15) is 29.2 Å². The van der Waals surface area contributed by atoms with Crippen LogP contribution in [0.15, 0.2) is 66.4 Å². The fourth-order valence-corrected chi connectivity index (χ4v) is 3.96. The van der Waals surface area contributed by atoms with Crippen molar-refractivity contribution in [2.24, 2.45) is 0 Å². The van der Waals surface area contributed by atoms with Gasteiger partial charge in [0, 0.05) is 0 Å². The van der Waals surface area contributed by atoms with Crippen LogP contribution in [-0.4, -0.2) is 25.5 Å². The number of carbonyl (C=O) groups is 2. The lowest BCUT2D eigenvalue weighted by Gasteiger charge is -2.16. The van der Waals surface area contributed by atoms with E-state index in [9.17, 15) is 9.59 Å². The van der Waals surface area contributed by atoms with Gasteiger partial charge in [0.15, 0.2) is 0 Å². The molecule has 1 aliphatic heterocycles. The Morgan fingerprint density at radius 2 is 1.59 bits per heavy atom. The number of nitrogens with zero attached hydrogens (tertiary/aromatic N) is 1. The lowest BCUT2D eigenvalue weighted by molar-refractivity contribution is -0.120. The van der Waals surface area contributed by atoms with E-state index in [1.54, 1.807) is 31.4 Å². The molecule has 0 saturated heterocycles. The Bertz CT molecular complexity index is 1290. The van der Waals surface area contributed by atoms with Crippen molar-refractivity contribution >= 4 is 28.8 Å². The van der Waals surface area contributed by atoms with Crippen LogP contribution >= 0.6 is 0 Å². The normalized spacial score (nSPS) is 13.5. The summed E-state index contributed by atoms with van der Waals surface area (Å²) in [7, 11) is 1.57. The molecule has 1 N–H and O–H groups in total. The number of ether oxygens (including phenoxy) is 2. The Morgan fingerprint density at radius 1 is 0.853 bits per heavy atom. The molecule has 0 spiro atoms. The van der Waals surface area contributed by atoms with E-state index in [1.165, 1.54) is 4.90 Å². The standard InChI is InChI=1S/C28H28N2O4/c1-6-34-22-12-10-21(11-13-22)30-27(31)25(20-9-8-18(3)19(4)16-20)26(28(30)32)29-23-15-17(2)7-14-24(23)33-5/h7-16,29H,6H2,1-5H3. The summed E-state index contributed by atoms with van der Waals surface area (Å²) < 4.78 is 11.0. The zero-order valence-electron chi connectivity index (χ0n) is 20.1. The minimum Gasteiger partial charge on any atom is -0.495 e. The van der Waals surface area contributed by atoms with Gasteiger partial charge in [-0.05, 0) is 86.3 Å². The monoisotopic (exact) mass is 456 g/mol. The Labute approximate surface area is 199 Å². The number of imide groups is 1. The zero-order valence-corrected chi connectivity index (χ0v) is 20.1. The highest BCUT2D eigenvalue weighted by Gasteiger charge is 2.40. The average molecular weight is 457 g/mol. The Kier molecular flexibility index (Phi) is 6.41. The van der Waals surface area contributed by atoms with Crippen LogP contribution in [0.2, 0.25) is 0 Å². The molecule has 34 heavy (non-hydrogen) atoms. The average Bonchev–Trinajstić information content (AvgIpc) is 3.06. The fraction of sp³-hybridized carbons (Fsp3) is 0.214. The van der Waals surface area contributed by atoms with Crippen LogP contribution in [0.5, 0.6) is 11.5 Å². The summed E-state index contributed by atoms with van der Waals surface area (Å²) in [5.74, 6) is 0.449. The van der Waals surface area contributed by atoms with Gasteiger partial charge in [-0.25, -0.2) is 4.90 Å². The first-order valence-electron chi connectivity index (χ1n) is 11.2. The third kappa shape index (κ3) is 4.27. The first kappa shape index (κ1) is 23.1. The molecule has 174 valence electrons. The number of benzene rings is 3. The third-order valence-corrected chi connectivity index (χ3v) is 5.90. The first-order chi connectivity index (χ1) is 16.3. The van der Waals surface area contributed by atoms with E-state index < -0.39 is 5.91 Å². The van der Waals surface area contributed by atoms with Gasteiger partial charge in [-0.2, -0.15) is 0 Å². The van der Waals surface area contributed by atoms with Gasteiger partial charge in [-0.15, -0.1) is 0 Å². The van der Waals surface area contributed by atoms with E-state index >= 15 is 0 Å². The molecule has 0 aromatic heterocycles. The minimum absolute atomic E-state index is 0.214. The molecule has 4 rings (SSSR count). The van der Waals surface area contributed by atoms with Gasteiger partial charge in [0.05, 0.1) is 30.7 Å². The van der Waals surface area contributed by atoms with E-state index in [-0.39, 0.29) is 11.6 Å². The molecule has 0 radical (unpaired) electrons. The second-order valence-corrected chi connectivity index (χ2v) is 8.25. The smallest absolute Gasteiger partial charge is 0.282 e. The highest BCUT2D eigenvalue weighted by molar-refractivity contribution is 6.46. The second-order valence-electron chi connectivity index (χ2n) is 8.25. The molecule has 6 nitrogen and oxygen atoms in total. The van der Waals surface area contributed by atoms with Gasteiger partial charge in [-0.1, -0.05) is 24.3 Å². The maximum atomic E-state index is 13.7. The fourth-order valence-electron chi connectivity index (χ4n) is 3.96. The number of nitrogens with one attached hydrogen (secondary N) is 1. The molecule has 3 aromatic rings. The molecule has 0 fully saturated rings. The van der Waals surface area contributed by atoms with Crippen LogP contribution < -0.4 is 19.7 Å². The third-order valence-electron chi connectivity index (χ3n) is 5.90. The van der Waals surface area contributed by atoms with Crippen molar-refractivity contribution in [2.45, 2.75) is 27.7 Å². The molecule has 6 heteroatoms. The molecule has 0 saturated carbocycles. The summed E-state index contributed by atoms with van der Waals surface area (Å²) in [4.78, 5) is 28.6. The molecule has 1 aliphatic rings. The quantitative estimate of drug-likeness (QED) is 0.481. The van der Waals surface area contributed by atoms with Gasteiger partial charge in [-0.3, -0.25) is 9.59 Å². The van der Waals surface area contributed by atoms with Crippen molar-refractivity contribution in [2.75, 3.05) is 23.9 Å². The molecule has 0 aliphatic carbocycles. The summed E-state index contributed by atoms with van der Waals surface area (Å²) in [5.41, 5.74) is 5.47. The van der Waals surface area contributed by atoms with E-state index in [1.807, 2.05) is 64.1 Å². The van der Waals surface area contributed by atoms with Crippen molar-refractivity contribution in [3.05, 3.63) is 88.6 Å². The van der Waals surface area contributed by atoms with Gasteiger partial charge < -0.3 is 14.8 Å². The minimum atomic E-state index is -0.425. The molecular weight excluding hydrogens is 428 g/mol. The number of hydrogen-bond acceptors (Lipinski definition) is 5. The molecule has 0 bridgehead atoms. The maximum Gasteiger partial charge on any atom is 0.282 e. The number of methoxy groups -OCH3 is 1. The van der Waals surface area contributed by atoms with Crippen molar-refractivity contribution in [1.82, 2.24) is 0 Å².